The number of rotatable bonds is 7. The summed E-state index contributed by atoms with van der Waals surface area (Å²) in [6, 6.07) is 13.6. The minimum atomic E-state index is -0.574. The zero-order chi connectivity index (χ0) is 26.1. The number of benzene rings is 3. The predicted molar refractivity (Wildman–Crippen MR) is 133 cm³/mol. The highest BCUT2D eigenvalue weighted by molar-refractivity contribution is 5.95. The molecule has 37 heavy (non-hydrogen) atoms. The van der Waals surface area contributed by atoms with Gasteiger partial charge in [0.1, 0.15) is 25.3 Å². The topological polar surface area (TPSA) is 107 Å². The molecule has 0 saturated carbocycles. The summed E-state index contributed by atoms with van der Waals surface area (Å²) in [6.07, 6.45) is 1.34. The molecule has 5 aromatic rings. The molecule has 9 nitrogen and oxygen atoms in total. The summed E-state index contributed by atoms with van der Waals surface area (Å²) in [5.41, 5.74) is 3.10. The van der Waals surface area contributed by atoms with Crippen molar-refractivity contribution in [3.63, 3.8) is 0 Å². The van der Waals surface area contributed by atoms with E-state index in [0.717, 1.165) is 5.56 Å². The Morgan fingerprint density at radius 2 is 1.89 bits per heavy atom. The van der Waals surface area contributed by atoms with E-state index in [4.69, 9.17) is 4.74 Å². The van der Waals surface area contributed by atoms with Crippen LogP contribution >= 0.6 is 0 Å². The molecule has 2 N–H and O–H groups in total. The highest BCUT2D eigenvalue weighted by Gasteiger charge is 2.19. The second-order valence-electron chi connectivity index (χ2n) is 8.53. The van der Waals surface area contributed by atoms with Gasteiger partial charge in [-0.25, -0.2) is 18.6 Å². The number of amides is 1. The Labute approximate surface area is 209 Å². The van der Waals surface area contributed by atoms with Crippen molar-refractivity contribution in [3.8, 4) is 16.9 Å². The fourth-order valence-corrected chi connectivity index (χ4v) is 4.18. The van der Waals surface area contributed by atoms with E-state index in [9.17, 15) is 18.4 Å². The fourth-order valence-electron chi connectivity index (χ4n) is 4.18. The number of hydrogen-bond donors (Lipinski definition) is 2. The number of imidazole rings is 1. The van der Waals surface area contributed by atoms with Crippen molar-refractivity contribution in [2.45, 2.75) is 20.1 Å². The molecular formula is C26H22F2N6O3. The molecular weight excluding hydrogens is 482 g/mol. The van der Waals surface area contributed by atoms with Crippen LogP contribution in [0.1, 0.15) is 11.4 Å². The van der Waals surface area contributed by atoms with Crippen LogP contribution in [0.5, 0.6) is 5.75 Å². The van der Waals surface area contributed by atoms with E-state index >= 15 is 0 Å². The second kappa shape index (κ2) is 9.69. The van der Waals surface area contributed by atoms with Gasteiger partial charge in [-0.15, -0.1) is 0 Å². The zero-order valence-corrected chi connectivity index (χ0v) is 20.0. The van der Waals surface area contributed by atoms with Crippen molar-refractivity contribution in [2.24, 2.45) is 7.05 Å². The Bertz CT molecular complexity index is 1660. The molecule has 2 heterocycles. The molecule has 3 aromatic carbocycles. The summed E-state index contributed by atoms with van der Waals surface area (Å²) in [7, 11) is 1.60. The molecule has 11 heteroatoms. The summed E-state index contributed by atoms with van der Waals surface area (Å²) in [5.74, 6) is -0.924. The molecule has 188 valence electrons. The van der Waals surface area contributed by atoms with Crippen LogP contribution in [0.25, 0.3) is 22.2 Å². The van der Waals surface area contributed by atoms with Crippen molar-refractivity contribution in [1.29, 1.82) is 0 Å². The van der Waals surface area contributed by atoms with Crippen LogP contribution in [-0.4, -0.2) is 30.2 Å². The van der Waals surface area contributed by atoms with Crippen molar-refractivity contribution in [1.82, 2.24) is 24.3 Å². The maximum atomic E-state index is 14.9. The summed E-state index contributed by atoms with van der Waals surface area (Å²) in [5, 5.41) is 9.04. The van der Waals surface area contributed by atoms with Gasteiger partial charge in [-0.05, 0) is 66.6 Å². The van der Waals surface area contributed by atoms with Crippen molar-refractivity contribution >= 4 is 22.6 Å². The first-order valence-corrected chi connectivity index (χ1v) is 11.3. The number of H-pyrrole nitrogens is 1. The monoisotopic (exact) mass is 504 g/mol. The number of aryl methyl sites for hydroxylation is 2. The summed E-state index contributed by atoms with van der Waals surface area (Å²) in [6.45, 7) is 1.64. The quantitative estimate of drug-likeness (QED) is 0.349. The SMILES string of the molecule is Cc1cc(-c2ccc(OCc3ncn[nH]3)c(F)c2)c2c(c1)n(CC(=O)Nc1ccc(F)cc1)c(=O)n2C. The third-order valence-electron chi connectivity index (χ3n) is 5.88. The maximum absolute atomic E-state index is 14.9. The Balaban J connectivity index is 1.47. The van der Waals surface area contributed by atoms with E-state index in [0.29, 0.717) is 33.7 Å². The van der Waals surface area contributed by atoms with Gasteiger partial charge in [-0.3, -0.25) is 19.0 Å². The van der Waals surface area contributed by atoms with Crippen molar-refractivity contribution < 1.29 is 18.3 Å². The molecule has 0 atom stereocenters. The maximum Gasteiger partial charge on any atom is 0.329 e. The zero-order valence-electron chi connectivity index (χ0n) is 20.0. The van der Waals surface area contributed by atoms with Crippen LogP contribution in [0.4, 0.5) is 14.5 Å². The van der Waals surface area contributed by atoms with Gasteiger partial charge in [0.15, 0.2) is 17.4 Å². The number of halogens is 2. The van der Waals surface area contributed by atoms with Crippen LogP contribution in [0.2, 0.25) is 0 Å². The standard InChI is InChI=1S/C26H22F2N6O3/c1-15-9-19(16-3-8-22(20(28)11-16)37-13-23-29-14-30-32-23)25-21(10-15)34(26(36)33(25)2)12-24(35)31-18-6-4-17(27)5-7-18/h3-11,14H,12-13H2,1-2H3,(H,31,35)(H,29,30,32). The lowest BCUT2D eigenvalue weighted by atomic mass is 10.0. The number of ether oxygens (including phenoxy) is 1. The number of aromatic amines is 1. The van der Waals surface area contributed by atoms with Gasteiger partial charge < -0.3 is 10.1 Å². The summed E-state index contributed by atoms with van der Waals surface area (Å²) >= 11 is 0. The number of anilines is 1. The number of nitrogens with one attached hydrogen (secondary N) is 2. The van der Waals surface area contributed by atoms with Crippen LogP contribution in [0, 0.1) is 18.6 Å². The molecule has 0 bridgehead atoms. The largest absolute Gasteiger partial charge is 0.483 e. The summed E-state index contributed by atoms with van der Waals surface area (Å²) in [4.78, 5) is 29.8. The minimum absolute atomic E-state index is 0.0301. The van der Waals surface area contributed by atoms with Gasteiger partial charge in [0.25, 0.3) is 0 Å². The van der Waals surface area contributed by atoms with E-state index < -0.39 is 23.2 Å². The van der Waals surface area contributed by atoms with Gasteiger partial charge in [-0.1, -0.05) is 6.07 Å². The van der Waals surface area contributed by atoms with E-state index in [-0.39, 0.29) is 18.9 Å². The predicted octanol–water partition coefficient (Wildman–Crippen LogP) is 3.93. The molecule has 0 aliphatic rings. The smallest absolute Gasteiger partial charge is 0.329 e. The first kappa shape index (κ1) is 23.9. The number of nitrogens with zero attached hydrogens (tertiary/aromatic N) is 4. The van der Waals surface area contributed by atoms with Gasteiger partial charge in [0.05, 0.1) is 11.0 Å². The molecule has 0 fully saturated rings. The fraction of sp³-hybridized carbons (Fsp3) is 0.154. The third-order valence-corrected chi connectivity index (χ3v) is 5.88. The van der Waals surface area contributed by atoms with Gasteiger partial charge >= 0.3 is 5.69 Å². The lowest BCUT2D eigenvalue weighted by Gasteiger charge is -2.11. The number of hydrogen-bond acceptors (Lipinski definition) is 5. The van der Waals surface area contributed by atoms with Gasteiger partial charge in [-0.2, -0.15) is 5.10 Å². The first-order valence-electron chi connectivity index (χ1n) is 11.3. The Kier molecular flexibility index (Phi) is 6.26. The van der Waals surface area contributed by atoms with E-state index in [2.05, 4.69) is 20.5 Å². The first-order chi connectivity index (χ1) is 17.8. The van der Waals surface area contributed by atoms with Crippen molar-refractivity contribution in [2.75, 3.05) is 5.32 Å². The highest BCUT2D eigenvalue weighted by Crippen LogP contribution is 2.32. The molecule has 0 unspecified atom stereocenters. The average molecular weight is 504 g/mol. The number of carbonyl (C=O) groups excluding carboxylic acids is 1. The molecule has 2 aromatic heterocycles. The molecule has 1 amide bonds. The van der Waals surface area contributed by atoms with Crippen molar-refractivity contribution in [3.05, 3.63) is 94.4 Å². The van der Waals surface area contributed by atoms with Crippen LogP contribution in [0.15, 0.2) is 65.7 Å². The van der Waals surface area contributed by atoms with Crippen LogP contribution in [-0.2, 0) is 25.0 Å². The van der Waals surface area contributed by atoms with E-state index in [1.165, 1.54) is 51.9 Å². The highest BCUT2D eigenvalue weighted by atomic mass is 19.1. The molecule has 0 saturated heterocycles. The number of fused-ring (bicyclic) bond motifs is 1. The normalized spacial score (nSPS) is 11.1. The molecule has 5 rings (SSSR count). The average Bonchev–Trinajstić information content (AvgIpc) is 3.47. The molecule has 0 spiro atoms. The van der Waals surface area contributed by atoms with E-state index in [1.54, 1.807) is 19.2 Å². The Hall–Kier alpha value is -4.80. The lowest BCUT2D eigenvalue weighted by Crippen LogP contribution is -2.28. The minimum Gasteiger partial charge on any atom is -0.483 e. The lowest BCUT2D eigenvalue weighted by molar-refractivity contribution is -0.116. The summed E-state index contributed by atoms with van der Waals surface area (Å²) < 4.78 is 36.4. The van der Waals surface area contributed by atoms with Gasteiger partial charge in [0.2, 0.25) is 5.91 Å². The Morgan fingerprint density at radius 3 is 2.59 bits per heavy atom. The number of carbonyl (C=O) groups is 1. The van der Waals surface area contributed by atoms with Crippen LogP contribution in [0.3, 0.4) is 0 Å². The second-order valence-corrected chi connectivity index (χ2v) is 8.53. The van der Waals surface area contributed by atoms with E-state index in [1.807, 2.05) is 13.0 Å². The Morgan fingerprint density at radius 1 is 1.11 bits per heavy atom. The molecule has 0 aliphatic heterocycles. The van der Waals surface area contributed by atoms with Gasteiger partial charge in [0, 0.05) is 18.3 Å². The third kappa shape index (κ3) is 4.83. The van der Waals surface area contributed by atoms with Crippen LogP contribution < -0.4 is 15.7 Å². The molecule has 0 aliphatic carbocycles. The number of aromatic nitrogens is 5. The molecule has 0 radical (unpaired) electrons.